The summed E-state index contributed by atoms with van der Waals surface area (Å²) < 4.78 is 12.0. The molecule has 0 saturated carbocycles. The molecule has 0 radical (unpaired) electrons. The maximum absolute atomic E-state index is 13.1. The normalized spacial score (nSPS) is 18.8. The number of esters is 1. The third-order valence-corrected chi connectivity index (χ3v) is 5.63. The van der Waals surface area contributed by atoms with Gasteiger partial charge in [-0.15, -0.1) is 0 Å². The summed E-state index contributed by atoms with van der Waals surface area (Å²) in [6, 6.07) is 11.0. The monoisotopic (exact) mass is 472 g/mol. The van der Waals surface area contributed by atoms with Crippen LogP contribution in [0.15, 0.2) is 42.5 Å². The summed E-state index contributed by atoms with van der Waals surface area (Å²) in [6.45, 7) is 8.91. The molecule has 2 aromatic rings. The van der Waals surface area contributed by atoms with Gasteiger partial charge in [-0.3, -0.25) is 14.4 Å². The number of Topliss-reactive ketones (excluding diaryl/α,β-unsaturated/α-hetero) is 1. The zero-order valence-electron chi connectivity index (χ0n) is 19.4. The lowest BCUT2D eigenvalue weighted by Gasteiger charge is -2.44. The lowest BCUT2D eigenvalue weighted by atomic mass is 9.85. The number of fused-ring (bicyclic) bond motifs is 1. The van der Waals surface area contributed by atoms with Gasteiger partial charge >= 0.3 is 5.97 Å². The van der Waals surface area contributed by atoms with Crippen LogP contribution in [-0.2, 0) is 9.53 Å². The van der Waals surface area contributed by atoms with E-state index < -0.39 is 23.7 Å². The second-order valence-corrected chi connectivity index (χ2v) is 9.36. The number of hydrogen-bond acceptors (Lipinski definition) is 6. The number of carbonyl (C=O) groups excluding carboxylic acids is 3. The minimum absolute atomic E-state index is 0.0134. The smallest absolute Gasteiger partial charge is 0.320 e. The molecule has 0 spiro atoms. The Morgan fingerprint density at radius 2 is 1.85 bits per heavy atom. The third kappa shape index (κ3) is 5.92. The molecule has 33 heavy (non-hydrogen) atoms. The summed E-state index contributed by atoms with van der Waals surface area (Å²) in [6.07, 6.45) is -0.850. The predicted octanol–water partition coefficient (Wildman–Crippen LogP) is 4.09. The number of halogens is 1. The number of ether oxygens (including phenoxy) is 2. The van der Waals surface area contributed by atoms with Gasteiger partial charge in [0.15, 0.2) is 11.9 Å². The Labute approximate surface area is 198 Å². The van der Waals surface area contributed by atoms with E-state index in [2.05, 4.69) is 10.6 Å². The molecule has 1 heterocycles. The molecule has 3 rings (SSSR count). The fourth-order valence-electron chi connectivity index (χ4n) is 3.70. The second kappa shape index (κ2) is 9.93. The van der Waals surface area contributed by atoms with Crippen LogP contribution in [0.2, 0.25) is 5.02 Å². The van der Waals surface area contributed by atoms with E-state index >= 15 is 0 Å². The first kappa shape index (κ1) is 24.7. The van der Waals surface area contributed by atoms with Crippen LogP contribution in [0.25, 0.3) is 0 Å². The van der Waals surface area contributed by atoms with Crippen LogP contribution >= 0.6 is 11.6 Å². The molecule has 1 aliphatic rings. The van der Waals surface area contributed by atoms with Crippen molar-refractivity contribution >= 4 is 29.3 Å². The Balaban J connectivity index is 2.01. The molecule has 0 aliphatic carbocycles. The molecule has 0 aromatic heterocycles. The minimum Gasteiger partial charge on any atom is -0.484 e. The predicted molar refractivity (Wildman–Crippen MR) is 126 cm³/mol. The van der Waals surface area contributed by atoms with Crippen molar-refractivity contribution in [2.24, 2.45) is 0 Å². The van der Waals surface area contributed by atoms with Gasteiger partial charge in [0.1, 0.15) is 11.4 Å². The minimum atomic E-state index is -0.954. The topological polar surface area (TPSA) is 93.7 Å². The van der Waals surface area contributed by atoms with E-state index in [9.17, 15) is 14.4 Å². The van der Waals surface area contributed by atoms with Crippen molar-refractivity contribution in [3.63, 3.8) is 0 Å². The van der Waals surface area contributed by atoms with Crippen molar-refractivity contribution in [1.29, 1.82) is 0 Å². The van der Waals surface area contributed by atoms with Gasteiger partial charge in [0.05, 0.1) is 12.6 Å². The lowest BCUT2D eigenvalue weighted by molar-refractivity contribution is -0.164. The summed E-state index contributed by atoms with van der Waals surface area (Å²) in [5.41, 5.74) is 0.435. The summed E-state index contributed by atoms with van der Waals surface area (Å²) in [5.74, 6) is -0.481. The van der Waals surface area contributed by atoms with Crippen molar-refractivity contribution < 1.29 is 23.9 Å². The molecule has 8 heteroatoms. The first-order valence-corrected chi connectivity index (χ1v) is 11.2. The molecule has 7 nitrogen and oxygen atoms in total. The van der Waals surface area contributed by atoms with Gasteiger partial charge in [0.25, 0.3) is 5.91 Å². The zero-order chi connectivity index (χ0) is 24.3. The molecule has 176 valence electrons. The Morgan fingerprint density at radius 3 is 2.48 bits per heavy atom. The summed E-state index contributed by atoms with van der Waals surface area (Å²) in [7, 11) is 0. The van der Waals surface area contributed by atoms with Gasteiger partial charge in [-0.05, 0) is 57.2 Å². The van der Waals surface area contributed by atoms with Gasteiger partial charge in [0, 0.05) is 27.8 Å². The Bertz CT molecular complexity index is 1070. The number of amides is 1. The summed E-state index contributed by atoms with van der Waals surface area (Å²) in [4.78, 5) is 37.8. The van der Waals surface area contributed by atoms with Gasteiger partial charge in [-0.1, -0.05) is 31.5 Å². The van der Waals surface area contributed by atoms with Crippen LogP contribution in [-0.4, -0.2) is 42.0 Å². The van der Waals surface area contributed by atoms with E-state index in [0.717, 1.165) is 0 Å². The summed E-state index contributed by atoms with van der Waals surface area (Å²) in [5, 5.41) is 6.43. The number of benzene rings is 2. The molecule has 0 bridgehead atoms. The molecule has 0 fully saturated rings. The van der Waals surface area contributed by atoms with Crippen LogP contribution in [0.5, 0.6) is 5.75 Å². The zero-order valence-corrected chi connectivity index (χ0v) is 20.2. The van der Waals surface area contributed by atoms with Crippen LogP contribution in [0, 0.1) is 0 Å². The quantitative estimate of drug-likeness (QED) is 0.465. The number of carbonyl (C=O) groups is 3. The molecule has 2 unspecified atom stereocenters. The molecule has 2 atom stereocenters. The molecular weight excluding hydrogens is 444 g/mol. The highest BCUT2D eigenvalue weighted by atomic mass is 35.5. The van der Waals surface area contributed by atoms with Crippen LogP contribution in [0.4, 0.5) is 0 Å². The van der Waals surface area contributed by atoms with E-state index in [1.165, 1.54) is 6.92 Å². The first-order valence-electron chi connectivity index (χ1n) is 10.8. The van der Waals surface area contributed by atoms with Crippen LogP contribution in [0.1, 0.15) is 66.9 Å². The molecule has 0 saturated heterocycles. The van der Waals surface area contributed by atoms with Gasteiger partial charge in [0.2, 0.25) is 0 Å². The van der Waals surface area contributed by atoms with E-state index in [1.807, 2.05) is 13.8 Å². The van der Waals surface area contributed by atoms with Crippen molar-refractivity contribution in [2.45, 2.75) is 58.4 Å². The van der Waals surface area contributed by atoms with Crippen molar-refractivity contribution in [3.8, 4) is 5.75 Å². The Kier molecular flexibility index (Phi) is 7.44. The SMILES string of the molecule is CC(=O)c1ccc2c(c1)C(NC(=O)c1cccc(Cl)c1)C(OC(=O)CNC(C)C)C(C)(C)O2. The molecule has 1 amide bonds. The highest BCUT2D eigenvalue weighted by molar-refractivity contribution is 6.30. The number of rotatable bonds is 7. The highest BCUT2D eigenvalue weighted by Crippen LogP contribution is 2.42. The second-order valence-electron chi connectivity index (χ2n) is 8.92. The lowest BCUT2D eigenvalue weighted by Crippen LogP contribution is -2.56. The molecule has 1 aliphatic heterocycles. The fourth-order valence-corrected chi connectivity index (χ4v) is 3.89. The fraction of sp³-hybridized carbons (Fsp3) is 0.400. The summed E-state index contributed by atoms with van der Waals surface area (Å²) >= 11 is 6.06. The van der Waals surface area contributed by atoms with E-state index in [1.54, 1.807) is 56.3 Å². The average molecular weight is 473 g/mol. The standard InChI is InChI=1S/C25H29ClN2O5/c1-14(2)27-13-21(30)32-23-22(28-24(31)17-7-6-8-18(26)11-17)19-12-16(15(3)29)9-10-20(19)33-25(23,4)5/h6-12,14,22-23,27H,13H2,1-5H3,(H,28,31). The largest absolute Gasteiger partial charge is 0.484 e. The van der Waals surface area contributed by atoms with Gasteiger partial charge in [-0.2, -0.15) is 0 Å². The van der Waals surface area contributed by atoms with Crippen molar-refractivity contribution in [3.05, 3.63) is 64.2 Å². The average Bonchev–Trinajstić information content (AvgIpc) is 2.73. The number of hydrogen-bond donors (Lipinski definition) is 2. The highest BCUT2D eigenvalue weighted by Gasteiger charge is 2.47. The maximum Gasteiger partial charge on any atom is 0.320 e. The number of nitrogens with one attached hydrogen (secondary N) is 2. The van der Waals surface area contributed by atoms with Crippen LogP contribution in [0.3, 0.4) is 0 Å². The first-order chi connectivity index (χ1) is 15.5. The van der Waals surface area contributed by atoms with Crippen LogP contribution < -0.4 is 15.4 Å². The van der Waals surface area contributed by atoms with Crippen molar-refractivity contribution in [2.75, 3.05) is 6.54 Å². The Hall–Kier alpha value is -2.90. The molecular formula is C25H29ClN2O5. The van der Waals surface area contributed by atoms with E-state index in [-0.39, 0.29) is 24.3 Å². The number of ketones is 1. The maximum atomic E-state index is 13.1. The van der Waals surface area contributed by atoms with Gasteiger partial charge < -0.3 is 20.1 Å². The molecule has 2 N–H and O–H groups in total. The van der Waals surface area contributed by atoms with Crippen molar-refractivity contribution in [1.82, 2.24) is 10.6 Å². The van der Waals surface area contributed by atoms with Gasteiger partial charge in [-0.25, -0.2) is 0 Å². The van der Waals surface area contributed by atoms with E-state index in [0.29, 0.717) is 27.5 Å². The van der Waals surface area contributed by atoms with E-state index in [4.69, 9.17) is 21.1 Å². The molecule has 2 aromatic carbocycles. The third-order valence-electron chi connectivity index (χ3n) is 5.40. The Morgan fingerprint density at radius 1 is 1.12 bits per heavy atom.